The van der Waals surface area contributed by atoms with Crippen LogP contribution in [0.1, 0.15) is 28.6 Å². The molecule has 16 heavy (non-hydrogen) atoms. The fourth-order valence-corrected chi connectivity index (χ4v) is 1.90. The zero-order valence-electron chi connectivity index (χ0n) is 9.00. The number of benzene rings is 1. The average molecular weight is 222 g/mol. The lowest BCUT2D eigenvalue weighted by Gasteiger charge is -1.96. The normalized spacial score (nSPS) is 10.9. The van der Waals surface area contributed by atoms with Gasteiger partial charge < -0.3 is 9.52 Å². The smallest absolute Gasteiger partial charge is 0.372 e. The molecule has 0 amide bonds. The van der Waals surface area contributed by atoms with E-state index in [1.807, 2.05) is 6.92 Å². The molecule has 0 spiro atoms. The second-order valence-electron chi connectivity index (χ2n) is 3.67. The Morgan fingerprint density at radius 2 is 2.19 bits per heavy atom. The van der Waals surface area contributed by atoms with Crippen LogP contribution >= 0.6 is 0 Å². The summed E-state index contributed by atoms with van der Waals surface area (Å²) in [5, 5.41) is 9.52. The summed E-state index contributed by atoms with van der Waals surface area (Å²) in [6, 6.07) is 2.65. The van der Waals surface area contributed by atoms with Gasteiger partial charge in [-0.05, 0) is 31.0 Å². The molecule has 1 aromatic heterocycles. The Balaban J connectivity index is 2.87. The summed E-state index contributed by atoms with van der Waals surface area (Å²) in [5.41, 5.74) is 1.61. The maximum atomic E-state index is 13.2. The molecule has 0 aliphatic heterocycles. The van der Waals surface area contributed by atoms with Crippen molar-refractivity contribution in [3.63, 3.8) is 0 Å². The van der Waals surface area contributed by atoms with Gasteiger partial charge in [-0.25, -0.2) is 9.18 Å². The molecule has 0 bridgehead atoms. The second-order valence-corrected chi connectivity index (χ2v) is 3.67. The van der Waals surface area contributed by atoms with Gasteiger partial charge in [-0.1, -0.05) is 6.92 Å². The highest BCUT2D eigenvalue weighted by atomic mass is 19.1. The van der Waals surface area contributed by atoms with E-state index in [1.165, 1.54) is 12.1 Å². The minimum absolute atomic E-state index is 0.0915. The third-order valence-corrected chi connectivity index (χ3v) is 2.59. The van der Waals surface area contributed by atoms with Gasteiger partial charge in [-0.3, -0.25) is 0 Å². The van der Waals surface area contributed by atoms with Crippen LogP contribution in [0.25, 0.3) is 11.0 Å². The van der Waals surface area contributed by atoms with Crippen molar-refractivity contribution in [2.45, 2.75) is 20.3 Å². The molecule has 84 valence electrons. The van der Waals surface area contributed by atoms with Gasteiger partial charge in [0.15, 0.2) is 0 Å². The van der Waals surface area contributed by atoms with E-state index < -0.39 is 5.97 Å². The summed E-state index contributed by atoms with van der Waals surface area (Å²) in [4.78, 5) is 11.0. The van der Waals surface area contributed by atoms with Crippen LogP contribution < -0.4 is 0 Å². The Labute approximate surface area is 91.5 Å². The number of carboxylic acid groups (broad SMARTS) is 1. The maximum absolute atomic E-state index is 13.2. The number of furan rings is 1. The summed E-state index contributed by atoms with van der Waals surface area (Å²) in [6.45, 7) is 3.51. The summed E-state index contributed by atoms with van der Waals surface area (Å²) < 4.78 is 18.5. The van der Waals surface area contributed by atoms with Crippen LogP contribution in [0.3, 0.4) is 0 Å². The molecular weight excluding hydrogens is 211 g/mol. The molecule has 3 nitrogen and oxygen atoms in total. The van der Waals surface area contributed by atoms with Crippen LogP contribution in [0, 0.1) is 12.7 Å². The quantitative estimate of drug-likeness (QED) is 0.849. The lowest BCUT2D eigenvalue weighted by atomic mass is 10.1. The first-order valence-electron chi connectivity index (χ1n) is 4.99. The summed E-state index contributed by atoms with van der Waals surface area (Å²) in [6.07, 6.45) is 0.498. The van der Waals surface area contributed by atoms with E-state index >= 15 is 0 Å². The number of hydrogen-bond acceptors (Lipinski definition) is 2. The Morgan fingerprint density at radius 3 is 2.75 bits per heavy atom. The number of carboxylic acids is 1. The van der Waals surface area contributed by atoms with Crippen LogP contribution in [0.5, 0.6) is 0 Å². The number of fused-ring (bicyclic) bond motifs is 1. The molecule has 1 aromatic carbocycles. The third-order valence-electron chi connectivity index (χ3n) is 2.59. The van der Waals surface area contributed by atoms with Gasteiger partial charge in [0, 0.05) is 10.9 Å². The molecular formula is C12H11FO3. The SMILES string of the molecule is CCc1c(C(=O)O)oc2c(C)cc(F)cc12. The van der Waals surface area contributed by atoms with E-state index in [9.17, 15) is 9.18 Å². The molecule has 1 heterocycles. The van der Waals surface area contributed by atoms with E-state index in [0.717, 1.165) is 0 Å². The number of aromatic carboxylic acids is 1. The van der Waals surface area contributed by atoms with E-state index in [-0.39, 0.29) is 11.6 Å². The van der Waals surface area contributed by atoms with Crippen molar-refractivity contribution < 1.29 is 18.7 Å². The number of hydrogen-bond donors (Lipinski definition) is 1. The molecule has 2 rings (SSSR count). The number of halogens is 1. The Bertz CT molecular complexity index is 569. The van der Waals surface area contributed by atoms with Crippen LogP contribution in [0.4, 0.5) is 4.39 Å². The largest absolute Gasteiger partial charge is 0.475 e. The summed E-state index contributed by atoms with van der Waals surface area (Å²) in [5.74, 6) is -1.59. The first kappa shape index (κ1) is 10.7. The number of aryl methyl sites for hydroxylation is 2. The highest BCUT2D eigenvalue weighted by molar-refractivity contribution is 5.96. The van der Waals surface area contributed by atoms with Gasteiger partial charge in [0.05, 0.1) is 0 Å². The topological polar surface area (TPSA) is 50.4 Å². The van der Waals surface area contributed by atoms with Crippen molar-refractivity contribution in [3.05, 3.63) is 34.8 Å². The molecule has 0 aliphatic rings. The third kappa shape index (κ3) is 1.46. The van der Waals surface area contributed by atoms with E-state index in [0.29, 0.717) is 28.5 Å². The van der Waals surface area contributed by atoms with Crippen molar-refractivity contribution in [1.82, 2.24) is 0 Å². The van der Waals surface area contributed by atoms with Crippen LogP contribution in [0.2, 0.25) is 0 Å². The summed E-state index contributed by atoms with van der Waals surface area (Å²) >= 11 is 0. The zero-order valence-corrected chi connectivity index (χ0v) is 9.00. The van der Waals surface area contributed by atoms with Gasteiger partial charge >= 0.3 is 5.97 Å². The molecule has 0 atom stereocenters. The van der Waals surface area contributed by atoms with E-state index in [4.69, 9.17) is 9.52 Å². The first-order chi connectivity index (χ1) is 7.54. The molecule has 0 radical (unpaired) electrons. The zero-order chi connectivity index (χ0) is 11.9. The minimum atomic E-state index is -1.12. The molecule has 0 saturated carbocycles. The molecule has 2 aromatic rings. The highest BCUT2D eigenvalue weighted by Gasteiger charge is 2.20. The number of carbonyl (C=O) groups is 1. The minimum Gasteiger partial charge on any atom is -0.475 e. The molecule has 0 aliphatic carbocycles. The second kappa shape index (κ2) is 3.63. The maximum Gasteiger partial charge on any atom is 0.372 e. The van der Waals surface area contributed by atoms with E-state index in [2.05, 4.69) is 0 Å². The van der Waals surface area contributed by atoms with Gasteiger partial charge in [0.25, 0.3) is 0 Å². The molecule has 0 unspecified atom stereocenters. The average Bonchev–Trinajstić information content (AvgIpc) is 2.56. The molecule has 0 saturated heterocycles. The van der Waals surface area contributed by atoms with Gasteiger partial charge in [-0.2, -0.15) is 0 Å². The van der Waals surface area contributed by atoms with Crippen molar-refractivity contribution in [2.75, 3.05) is 0 Å². The van der Waals surface area contributed by atoms with Gasteiger partial charge in [-0.15, -0.1) is 0 Å². The fraction of sp³-hybridized carbons (Fsp3) is 0.250. The standard InChI is InChI=1S/C12H11FO3/c1-3-8-9-5-7(13)4-6(2)10(9)16-11(8)12(14)15/h4-5H,3H2,1-2H3,(H,14,15). The van der Waals surface area contributed by atoms with Crippen LogP contribution in [0.15, 0.2) is 16.5 Å². The first-order valence-corrected chi connectivity index (χ1v) is 4.99. The predicted octanol–water partition coefficient (Wildman–Crippen LogP) is 3.14. The molecule has 1 N–H and O–H groups in total. The van der Waals surface area contributed by atoms with E-state index in [1.54, 1.807) is 6.92 Å². The fourth-order valence-electron chi connectivity index (χ4n) is 1.90. The lowest BCUT2D eigenvalue weighted by molar-refractivity contribution is 0.0663. The Morgan fingerprint density at radius 1 is 1.50 bits per heavy atom. The van der Waals surface area contributed by atoms with Crippen molar-refractivity contribution in [2.24, 2.45) is 0 Å². The van der Waals surface area contributed by atoms with Crippen molar-refractivity contribution in [3.8, 4) is 0 Å². The Kier molecular flexibility index (Phi) is 2.42. The number of rotatable bonds is 2. The monoisotopic (exact) mass is 222 g/mol. The predicted molar refractivity (Wildman–Crippen MR) is 57.2 cm³/mol. The van der Waals surface area contributed by atoms with Crippen molar-refractivity contribution >= 4 is 16.9 Å². The van der Waals surface area contributed by atoms with Gasteiger partial charge in [0.1, 0.15) is 11.4 Å². The Hall–Kier alpha value is -1.84. The highest BCUT2D eigenvalue weighted by Crippen LogP contribution is 2.29. The molecule has 4 heteroatoms. The molecule has 0 fully saturated rings. The van der Waals surface area contributed by atoms with Crippen LogP contribution in [-0.2, 0) is 6.42 Å². The summed E-state index contributed by atoms with van der Waals surface area (Å²) in [7, 11) is 0. The lowest BCUT2D eigenvalue weighted by Crippen LogP contribution is -1.97. The van der Waals surface area contributed by atoms with Crippen LogP contribution in [-0.4, -0.2) is 11.1 Å². The van der Waals surface area contributed by atoms with Gasteiger partial charge in [0.2, 0.25) is 5.76 Å². The van der Waals surface area contributed by atoms with Crippen molar-refractivity contribution in [1.29, 1.82) is 0 Å².